The monoisotopic (exact) mass is 251 g/mol. The molecule has 0 aliphatic carbocycles. The molecule has 1 aromatic heterocycles. The summed E-state index contributed by atoms with van der Waals surface area (Å²) in [6, 6.07) is 9.77. The Balaban J connectivity index is 1.93. The molecule has 3 rings (SSSR count). The third kappa shape index (κ3) is 2.39. The van der Waals surface area contributed by atoms with Crippen molar-refractivity contribution in [3.63, 3.8) is 0 Å². The largest absolute Gasteiger partial charge is 0.324 e. The van der Waals surface area contributed by atoms with Crippen molar-refractivity contribution in [3.8, 4) is 6.07 Å². The molecule has 0 amide bonds. The second-order valence-electron chi connectivity index (χ2n) is 4.37. The lowest BCUT2D eigenvalue weighted by molar-refractivity contribution is 0.645. The Morgan fingerprint density at radius 3 is 3.16 bits per heavy atom. The summed E-state index contributed by atoms with van der Waals surface area (Å²) < 4.78 is 0. The molecule has 0 atom stereocenters. The first-order chi connectivity index (χ1) is 9.36. The summed E-state index contributed by atoms with van der Waals surface area (Å²) in [4.78, 5) is 8.28. The van der Waals surface area contributed by atoms with Gasteiger partial charge in [0.2, 0.25) is 5.95 Å². The molecule has 0 bridgehead atoms. The second-order valence-corrected chi connectivity index (χ2v) is 4.37. The summed E-state index contributed by atoms with van der Waals surface area (Å²) in [6.45, 7) is 1.87. The SMILES string of the molecule is N#Cc1ccnc(Nc2cccc3c2CCNC3)n1. The highest BCUT2D eigenvalue weighted by Gasteiger charge is 2.13. The van der Waals surface area contributed by atoms with E-state index in [0.29, 0.717) is 11.6 Å². The fourth-order valence-corrected chi connectivity index (χ4v) is 2.25. The van der Waals surface area contributed by atoms with Gasteiger partial charge in [-0.3, -0.25) is 0 Å². The Morgan fingerprint density at radius 2 is 2.26 bits per heavy atom. The third-order valence-electron chi connectivity index (χ3n) is 3.16. The molecule has 19 heavy (non-hydrogen) atoms. The first-order valence-corrected chi connectivity index (χ1v) is 6.18. The molecule has 0 unspecified atom stereocenters. The van der Waals surface area contributed by atoms with E-state index in [1.807, 2.05) is 18.2 Å². The summed E-state index contributed by atoms with van der Waals surface area (Å²) in [7, 11) is 0. The number of hydrogen-bond donors (Lipinski definition) is 2. The minimum Gasteiger partial charge on any atom is -0.324 e. The van der Waals surface area contributed by atoms with Gasteiger partial charge in [-0.25, -0.2) is 9.97 Å². The molecule has 1 aliphatic rings. The Hall–Kier alpha value is -2.45. The van der Waals surface area contributed by atoms with Gasteiger partial charge in [-0.1, -0.05) is 12.1 Å². The number of rotatable bonds is 2. The highest BCUT2D eigenvalue weighted by Crippen LogP contribution is 2.24. The van der Waals surface area contributed by atoms with E-state index in [9.17, 15) is 0 Å². The predicted octanol–water partition coefficient (Wildman–Crippen LogP) is 1.74. The van der Waals surface area contributed by atoms with E-state index in [1.165, 1.54) is 11.1 Å². The quantitative estimate of drug-likeness (QED) is 0.850. The van der Waals surface area contributed by atoms with Crippen LogP contribution in [0.1, 0.15) is 16.8 Å². The van der Waals surface area contributed by atoms with Crippen molar-refractivity contribution in [2.24, 2.45) is 0 Å². The highest BCUT2D eigenvalue weighted by molar-refractivity contribution is 5.61. The summed E-state index contributed by atoms with van der Waals surface area (Å²) >= 11 is 0. The summed E-state index contributed by atoms with van der Waals surface area (Å²) in [5, 5.41) is 15.4. The highest BCUT2D eigenvalue weighted by atomic mass is 15.1. The van der Waals surface area contributed by atoms with Crippen LogP contribution in [0, 0.1) is 11.3 Å². The molecule has 0 spiro atoms. The Kier molecular flexibility index (Phi) is 3.09. The van der Waals surface area contributed by atoms with Gasteiger partial charge in [-0.2, -0.15) is 5.26 Å². The first-order valence-electron chi connectivity index (χ1n) is 6.18. The van der Waals surface area contributed by atoms with E-state index in [2.05, 4.69) is 26.7 Å². The number of hydrogen-bond acceptors (Lipinski definition) is 5. The molecule has 1 aliphatic heterocycles. The minimum atomic E-state index is 0.365. The van der Waals surface area contributed by atoms with Crippen LogP contribution in [0.2, 0.25) is 0 Å². The van der Waals surface area contributed by atoms with Crippen molar-refractivity contribution in [1.82, 2.24) is 15.3 Å². The number of fused-ring (bicyclic) bond motifs is 1. The minimum absolute atomic E-state index is 0.365. The molecule has 0 saturated carbocycles. The van der Waals surface area contributed by atoms with Crippen molar-refractivity contribution in [1.29, 1.82) is 5.26 Å². The fraction of sp³-hybridized carbons (Fsp3) is 0.214. The Labute approximate surface area is 111 Å². The van der Waals surface area contributed by atoms with Crippen molar-refractivity contribution >= 4 is 11.6 Å². The number of nitrogens with one attached hydrogen (secondary N) is 2. The molecular weight excluding hydrogens is 238 g/mol. The number of nitriles is 1. The van der Waals surface area contributed by atoms with Gasteiger partial charge in [-0.05, 0) is 36.2 Å². The maximum Gasteiger partial charge on any atom is 0.228 e. The van der Waals surface area contributed by atoms with Crippen molar-refractivity contribution in [2.75, 3.05) is 11.9 Å². The topological polar surface area (TPSA) is 73.6 Å². The van der Waals surface area contributed by atoms with Gasteiger partial charge in [0.25, 0.3) is 0 Å². The normalized spacial score (nSPS) is 13.4. The third-order valence-corrected chi connectivity index (χ3v) is 3.16. The summed E-state index contributed by atoms with van der Waals surface area (Å²) in [5.41, 5.74) is 3.98. The smallest absolute Gasteiger partial charge is 0.228 e. The molecule has 0 radical (unpaired) electrons. The molecule has 0 saturated heterocycles. The van der Waals surface area contributed by atoms with Crippen LogP contribution in [-0.4, -0.2) is 16.5 Å². The van der Waals surface area contributed by atoms with Crippen LogP contribution < -0.4 is 10.6 Å². The van der Waals surface area contributed by atoms with Crippen LogP contribution in [0.5, 0.6) is 0 Å². The van der Waals surface area contributed by atoms with Gasteiger partial charge in [0.1, 0.15) is 11.8 Å². The van der Waals surface area contributed by atoms with E-state index >= 15 is 0 Å². The molecular formula is C14H13N5. The van der Waals surface area contributed by atoms with Gasteiger partial charge < -0.3 is 10.6 Å². The van der Waals surface area contributed by atoms with E-state index in [1.54, 1.807) is 12.3 Å². The van der Waals surface area contributed by atoms with Gasteiger partial charge in [0.05, 0.1) is 0 Å². The van der Waals surface area contributed by atoms with Crippen LogP contribution in [-0.2, 0) is 13.0 Å². The number of benzene rings is 1. The average molecular weight is 251 g/mol. The maximum absolute atomic E-state index is 8.84. The second kappa shape index (κ2) is 5.04. The molecule has 94 valence electrons. The molecule has 2 N–H and O–H groups in total. The van der Waals surface area contributed by atoms with Crippen molar-refractivity contribution in [3.05, 3.63) is 47.3 Å². The van der Waals surface area contributed by atoms with E-state index < -0.39 is 0 Å². The maximum atomic E-state index is 8.84. The van der Waals surface area contributed by atoms with E-state index in [-0.39, 0.29) is 0 Å². The zero-order valence-corrected chi connectivity index (χ0v) is 10.3. The van der Waals surface area contributed by atoms with Gasteiger partial charge >= 0.3 is 0 Å². The summed E-state index contributed by atoms with van der Waals surface area (Å²) in [6.07, 6.45) is 2.57. The van der Waals surface area contributed by atoms with Gasteiger partial charge in [-0.15, -0.1) is 0 Å². The Bertz CT molecular complexity index is 645. The van der Waals surface area contributed by atoms with Crippen LogP contribution in [0.25, 0.3) is 0 Å². The number of nitrogens with zero attached hydrogens (tertiary/aromatic N) is 3. The molecule has 0 fully saturated rings. The molecule has 2 heterocycles. The van der Waals surface area contributed by atoms with E-state index in [0.717, 1.165) is 25.2 Å². The van der Waals surface area contributed by atoms with Gasteiger partial charge in [0.15, 0.2) is 0 Å². The standard InChI is InChI=1S/C14H13N5/c15-8-11-4-7-17-14(18-11)19-13-3-1-2-10-9-16-6-5-12(10)13/h1-4,7,16H,5-6,9H2,(H,17,18,19). The molecule has 2 aromatic rings. The molecule has 1 aromatic carbocycles. The molecule has 5 heteroatoms. The zero-order valence-electron chi connectivity index (χ0n) is 10.3. The van der Waals surface area contributed by atoms with Crippen molar-refractivity contribution in [2.45, 2.75) is 13.0 Å². The fourth-order valence-electron chi connectivity index (χ4n) is 2.25. The zero-order chi connectivity index (χ0) is 13.1. The average Bonchev–Trinajstić information content (AvgIpc) is 2.48. The summed E-state index contributed by atoms with van der Waals surface area (Å²) in [5.74, 6) is 0.464. The van der Waals surface area contributed by atoms with Gasteiger partial charge in [0, 0.05) is 18.4 Å². The van der Waals surface area contributed by atoms with Crippen LogP contribution >= 0.6 is 0 Å². The van der Waals surface area contributed by atoms with Crippen molar-refractivity contribution < 1.29 is 0 Å². The van der Waals surface area contributed by atoms with Crippen LogP contribution in [0.4, 0.5) is 11.6 Å². The first kappa shape index (κ1) is 11.6. The lowest BCUT2D eigenvalue weighted by Gasteiger charge is -2.20. The number of aromatic nitrogens is 2. The predicted molar refractivity (Wildman–Crippen MR) is 71.9 cm³/mol. The molecule has 5 nitrogen and oxygen atoms in total. The number of anilines is 2. The lowest BCUT2D eigenvalue weighted by Crippen LogP contribution is -2.24. The van der Waals surface area contributed by atoms with Crippen LogP contribution in [0.3, 0.4) is 0 Å². The van der Waals surface area contributed by atoms with Crippen LogP contribution in [0.15, 0.2) is 30.5 Å². The Morgan fingerprint density at radius 1 is 1.32 bits per heavy atom. The van der Waals surface area contributed by atoms with E-state index in [4.69, 9.17) is 5.26 Å². The lowest BCUT2D eigenvalue weighted by atomic mass is 9.99.